The number of hydrogen-bond donors (Lipinski definition) is 2. The second-order valence-electron chi connectivity index (χ2n) is 4.94. The quantitative estimate of drug-likeness (QED) is 0.791. The van der Waals surface area contributed by atoms with Gasteiger partial charge in [0, 0.05) is 31.7 Å². The zero-order valence-corrected chi connectivity index (χ0v) is 12.1. The number of likely N-dealkylation sites (N-methyl/N-ethyl adjacent to an activating group) is 1. The van der Waals surface area contributed by atoms with Crippen molar-refractivity contribution in [2.75, 3.05) is 19.3 Å². The van der Waals surface area contributed by atoms with E-state index in [1.807, 2.05) is 0 Å². The van der Waals surface area contributed by atoms with Gasteiger partial charge < -0.3 is 10.6 Å². The third kappa shape index (κ3) is 3.30. The average molecular weight is 319 g/mol. The molecule has 2 rings (SSSR count). The minimum absolute atomic E-state index is 0.102. The van der Waals surface area contributed by atoms with Crippen LogP contribution in [-0.2, 0) is 14.8 Å². The molecule has 9 heteroatoms. The number of benzene rings is 1. The Morgan fingerprint density at radius 3 is 2.43 bits per heavy atom. The third-order valence-corrected chi connectivity index (χ3v) is 4.81. The highest BCUT2D eigenvalue weighted by Crippen LogP contribution is 2.22. The van der Waals surface area contributed by atoms with E-state index in [2.05, 4.69) is 4.72 Å². The van der Waals surface area contributed by atoms with E-state index in [4.69, 9.17) is 5.73 Å². The van der Waals surface area contributed by atoms with Crippen LogP contribution in [0.15, 0.2) is 17.0 Å². The maximum atomic E-state index is 13.7. The molecule has 1 aromatic rings. The lowest BCUT2D eigenvalue weighted by Crippen LogP contribution is -2.48. The Morgan fingerprint density at radius 1 is 1.33 bits per heavy atom. The molecule has 1 saturated heterocycles. The van der Waals surface area contributed by atoms with Crippen LogP contribution in [0.1, 0.15) is 12.8 Å². The van der Waals surface area contributed by atoms with E-state index in [-0.39, 0.29) is 31.0 Å². The smallest absolute Gasteiger partial charge is 0.246 e. The molecule has 1 aliphatic heterocycles. The molecule has 0 saturated carbocycles. The number of anilines is 1. The standard InChI is InChI=1S/C12H15F2N3O3S/c1-17-6-8(2-3-11(17)18)16-21(19,20)12-9(13)4-7(15)5-10(12)14/h4-5,8,16H,2-3,6,15H2,1H3. The van der Waals surface area contributed by atoms with Gasteiger partial charge in [0.1, 0.15) is 11.6 Å². The van der Waals surface area contributed by atoms with Crippen LogP contribution in [0, 0.1) is 11.6 Å². The molecule has 1 aromatic carbocycles. The predicted octanol–water partition coefficient (Wildman–Crippen LogP) is 0.446. The van der Waals surface area contributed by atoms with Gasteiger partial charge in [0.05, 0.1) is 0 Å². The zero-order valence-electron chi connectivity index (χ0n) is 11.3. The first-order chi connectivity index (χ1) is 9.70. The molecule has 0 spiro atoms. The number of hydrogen-bond acceptors (Lipinski definition) is 4. The SMILES string of the molecule is CN1CC(NS(=O)(=O)c2c(F)cc(N)cc2F)CCC1=O. The van der Waals surface area contributed by atoms with Crippen LogP contribution >= 0.6 is 0 Å². The summed E-state index contributed by atoms with van der Waals surface area (Å²) >= 11 is 0. The van der Waals surface area contributed by atoms with Crippen molar-refractivity contribution in [2.45, 2.75) is 23.8 Å². The Balaban J connectivity index is 2.25. The maximum absolute atomic E-state index is 13.7. The summed E-state index contributed by atoms with van der Waals surface area (Å²) in [6.07, 6.45) is 0.455. The Hall–Kier alpha value is -1.74. The van der Waals surface area contributed by atoms with Gasteiger partial charge in [-0.1, -0.05) is 0 Å². The zero-order chi connectivity index (χ0) is 15.8. The molecule has 1 amide bonds. The molecule has 21 heavy (non-hydrogen) atoms. The van der Waals surface area contributed by atoms with E-state index in [1.54, 1.807) is 0 Å². The number of piperidine rings is 1. The minimum Gasteiger partial charge on any atom is -0.399 e. The predicted molar refractivity (Wildman–Crippen MR) is 71.8 cm³/mol. The van der Waals surface area contributed by atoms with Crippen molar-refractivity contribution in [1.29, 1.82) is 0 Å². The van der Waals surface area contributed by atoms with E-state index < -0.39 is 32.6 Å². The second kappa shape index (κ2) is 5.57. The number of sulfonamides is 1. The van der Waals surface area contributed by atoms with Crippen LogP contribution in [0.4, 0.5) is 14.5 Å². The van der Waals surface area contributed by atoms with Gasteiger partial charge >= 0.3 is 0 Å². The molecule has 0 aliphatic carbocycles. The highest BCUT2D eigenvalue weighted by molar-refractivity contribution is 7.89. The minimum atomic E-state index is -4.37. The van der Waals surface area contributed by atoms with Gasteiger partial charge in [0.25, 0.3) is 0 Å². The van der Waals surface area contributed by atoms with Crippen molar-refractivity contribution in [1.82, 2.24) is 9.62 Å². The van der Waals surface area contributed by atoms with Crippen molar-refractivity contribution in [2.24, 2.45) is 0 Å². The number of carbonyl (C=O) groups is 1. The maximum Gasteiger partial charge on any atom is 0.246 e. The molecule has 0 bridgehead atoms. The van der Waals surface area contributed by atoms with E-state index >= 15 is 0 Å². The molecular formula is C12H15F2N3O3S. The number of likely N-dealkylation sites (tertiary alicyclic amines) is 1. The fourth-order valence-electron chi connectivity index (χ4n) is 2.22. The van der Waals surface area contributed by atoms with Gasteiger partial charge in [0.2, 0.25) is 15.9 Å². The van der Waals surface area contributed by atoms with Gasteiger partial charge in [-0.25, -0.2) is 21.9 Å². The summed E-state index contributed by atoms with van der Waals surface area (Å²) in [5, 5.41) is 0. The lowest BCUT2D eigenvalue weighted by Gasteiger charge is -2.30. The van der Waals surface area contributed by atoms with Gasteiger partial charge in [-0.2, -0.15) is 0 Å². The number of carbonyl (C=O) groups excluding carboxylic acids is 1. The summed E-state index contributed by atoms with van der Waals surface area (Å²) in [5.74, 6) is -2.60. The molecule has 0 aromatic heterocycles. The lowest BCUT2D eigenvalue weighted by molar-refractivity contribution is -0.132. The van der Waals surface area contributed by atoms with Crippen LogP contribution in [-0.4, -0.2) is 38.9 Å². The molecule has 1 heterocycles. The van der Waals surface area contributed by atoms with Crippen LogP contribution in [0.25, 0.3) is 0 Å². The molecule has 0 radical (unpaired) electrons. The number of nitrogens with zero attached hydrogens (tertiary/aromatic N) is 1. The number of rotatable bonds is 3. The Labute approximate surface area is 121 Å². The summed E-state index contributed by atoms with van der Waals surface area (Å²) < 4.78 is 53.8. The van der Waals surface area contributed by atoms with Crippen molar-refractivity contribution in [3.8, 4) is 0 Å². The van der Waals surface area contributed by atoms with E-state index in [0.29, 0.717) is 0 Å². The third-order valence-electron chi connectivity index (χ3n) is 3.24. The van der Waals surface area contributed by atoms with Crippen LogP contribution in [0.5, 0.6) is 0 Å². The molecule has 3 N–H and O–H groups in total. The molecule has 6 nitrogen and oxygen atoms in total. The normalized spacial score (nSPS) is 19.9. The fraction of sp³-hybridized carbons (Fsp3) is 0.417. The fourth-order valence-corrected chi connectivity index (χ4v) is 3.60. The van der Waals surface area contributed by atoms with Crippen LogP contribution < -0.4 is 10.5 Å². The largest absolute Gasteiger partial charge is 0.399 e. The monoisotopic (exact) mass is 319 g/mol. The van der Waals surface area contributed by atoms with Crippen molar-refractivity contribution in [3.63, 3.8) is 0 Å². The number of nitrogen functional groups attached to an aromatic ring is 1. The summed E-state index contributed by atoms with van der Waals surface area (Å²) in [7, 11) is -2.84. The summed E-state index contributed by atoms with van der Waals surface area (Å²) in [6.45, 7) is 0.149. The number of halogens is 2. The van der Waals surface area contributed by atoms with Gasteiger partial charge in [-0.3, -0.25) is 4.79 Å². The molecule has 1 fully saturated rings. The topological polar surface area (TPSA) is 92.5 Å². The van der Waals surface area contributed by atoms with Gasteiger partial charge in [0.15, 0.2) is 4.90 Å². The summed E-state index contributed by atoms with van der Waals surface area (Å²) in [6, 6.07) is 0.900. The van der Waals surface area contributed by atoms with Gasteiger partial charge in [-0.05, 0) is 18.6 Å². The highest BCUT2D eigenvalue weighted by atomic mass is 32.2. The highest BCUT2D eigenvalue weighted by Gasteiger charge is 2.30. The van der Waals surface area contributed by atoms with Gasteiger partial charge in [-0.15, -0.1) is 0 Å². The first-order valence-electron chi connectivity index (χ1n) is 6.21. The Kier molecular flexibility index (Phi) is 4.15. The molecule has 1 unspecified atom stereocenters. The Morgan fingerprint density at radius 2 is 1.90 bits per heavy atom. The summed E-state index contributed by atoms with van der Waals surface area (Å²) in [4.78, 5) is 11.6. The average Bonchev–Trinajstić information content (AvgIpc) is 2.31. The first-order valence-corrected chi connectivity index (χ1v) is 7.70. The lowest BCUT2D eigenvalue weighted by atomic mass is 10.1. The molecule has 116 valence electrons. The van der Waals surface area contributed by atoms with Crippen molar-refractivity contribution in [3.05, 3.63) is 23.8 Å². The number of amides is 1. The Bertz CT molecular complexity index is 655. The van der Waals surface area contributed by atoms with Crippen LogP contribution in [0.3, 0.4) is 0 Å². The number of nitrogens with two attached hydrogens (primary N) is 1. The van der Waals surface area contributed by atoms with Crippen molar-refractivity contribution < 1.29 is 22.0 Å². The van der Waals surface area contributed by atoms with E-state index in [9.17, 15) is 22.0 Å². The van der Waals surface area contributed by atoms with Crippen LogP contribution in [0.2, 0.25) is 0 Å². The molecular weight excluding hydrogens is 304 g/mol. The number of nitrogens with one attached hydrogen (secondary N) is 1. The van der Waals surface area contributed by atoms with E-state index in [0.717, 1.165) is 12.1 Å². The van der Waals surface area contributed by atoms with E-state index in [1.165, 1.54) is 11.9 Å². The molecule has 1 atom stereocenters. The second-order valence-corrected chi connectivity index (χ2v) is 6.60. The first kappa shape index (κ1) is 15.6. The van der Waals surface area contributed by atoms with Crippen molar-refractivity contribution >= 4 is 21.6 Å². The molecule has 1 aliphatic rings. The summed E-state index contributed by atoms with van der Waals surface area (Å²) in [5.41, 5.74) is 5.05.